The van der Waals surface area contributed by atoms with Crippen molar-refractivity contribution in [3.8, 4) is 11.1 Å². The Morgan fingerprint density at radius 2 is 0.545 bits per heavy atom. The molecule has 8 rings (SSSR count). The second kappa shape index (κ2) is 16.8. The minimum Gasteiger partial charge on any atom is -0.166 e. The van der Waals surface area contributed by atoms with Gasteiger partial charge in [0.05, 0.1) is 22.3 Å². The fourth-order valence-electron chi connectivity index (χ4n) is 8.72. The van der Waals surface area contributed by atoms with E-state index in [0.29, 0.717) is 35.0 Å². The molecule has 0 aliphatic rings. The van der Waals surface area contributed by atoms with Gasteiger partial charge in [-0.1, -0.05) is 130 Å². The molecule has 66 heavy (non-hydrogen) atoms. The molecule has 0 radical (unpaired) electrons. The highest BCUT2D eigenvalue weighted by Gasteiger charge is 2.53. The van der Waals surface area contributed by atoms with E-state index in [4.69, 9.17) is 0 Å². The molecule has 0 saturated carbocycles. The molecule has 16 heteroatoms. The minimum absolute atomic E-state index is 0.0142. The molecule has 0 N–H and O–H groups in total. The highest BCUT2D eigenvalue weighted by atomic mass is 31.1. The number of alkyl halides is 12. The van der Waals surface area contributed by atoms with Crippen molar-refractivity contribution in [2.45, 2.75) is 35.0 Å². The van der Waals surface area contributed by atoms with Crippen molar-refractivity contribution in [3.63, 3.8) is 0 Å². The zero-order chi connectivity index (χ0) is 47.5. The zero-order valence-corrected chi connectivity index (χ0v) is 35.5. The Kier molecular flexibility index (Phi) is 11.8. The van der Waals surface area contributed by atoms with Gasteiger partial charge in [-0.15, -0.1) is 0 Å². The summed E-state index contributed by atoms with van der Waals surface area (Å²) in [6.07, 6.45) is -20.0. The van der Waals surface area contributed by atoms with E-state index in [1.54, 1.807) is 48.5 Å². The van der Waals surface area contributed by atoms with Crippen LogP contribution in [0.5, 0.6) is 0 Å². The van der Waals surface area contributed by atoms with Gasteiger partial charge in [0.1, 0.15) is 0 Å². The van der Waals surface area contributed by atoms with Crippen LogP contribution in [0.2, 0.25) is 0 Å². The Hall–Kier alpha value is -6.36. The number of fused-ring (bicyclic) bond motifs is 2. The lowest BCUT2D eigenvalue weighted by Crippen LogP contribution is -2.27. The van der Waals surface area contributed by atoms with Crippen LogP contribution >= 0.6 is 16.9 Å². The van der Waals surface area contributed by atoms with Crippen LogP contribution in [0.3, 0.4) is 0 Å². The standard InChI is InChI=1S/C50H28F12O2P2/c51-47(52,53)35-15-5-11-31(25-35)45(65-63,32-12-6-16-36(26-32)48(54,55)56)41-23-21-29-9-1-3-19-39(29)43(41)44-40-20-4-2-10-30(40)22-24-42(44)46(66-64,33-13-7-17-37(27-33)49(57,58)59)34-14-8-18-38(28-34)50(60,61)62/h1-28H/p+2. The van der Waals surface area contributed by atoms with Crippen molar-refractivity contribution in [1.29, 1.82) is 0 Å². The predicted octanol–water partition coefficient (Wildman–Crippen LogP) is 16.4. The Balaban J connectivity index is 1.63. The van der Waals surface area contributed by atoms with Gasteiger partial charge in [-0.05, 0) is 81.2 Å². The van der Waals surface area contributed by atoms with Crippen LogP contribution in [0, 0.1) is 0 Å². The van der Waals surface area contributed by atoms with Gasteiger partial charge in [0.25, 0.3) is 0 Å². The van der Waals surface area contributed by atoms with Crippen molar-refractivity contribution < 1.29 is 61.8 Å². The Morgan fingerprint density at radius 3 is 0.803 bits per heavy atom. The van der Waals surface area contributed by atoms with Crippen molar-refractivity contribution in [2.75, 3.05) is 0 Å². The molecule has 8 aromatic carbocycles. The lowest BCUT2D eigenvalue weighted by atomic mass is 9.73. The lowest BCUT2D eigenvalue weighted by molar-refractivity contribution is -0.138. The van der Waals surface area contributed by atoms with E-state index in [-0.39, 0.29) is 55.3 Å². The Labute approximate surface area is 370 Å². The second-order valence-corrected chi connectivity index (χ2v) is 17.3. The molecule has 8 aromatic rings. The molecular weight excluding hydrogens is 922 g/mol. The molecule has 0 amide bonds. The number of halogens is 12. The van der Waals surface area contributed by atoms with Crippen molar-refractivity contribution >= 4 is 38.5 Å². The molecule has 0 aliphatic heterocycles. The summed E-state index contributed by atoms with van der Waals surface area (Å²) in [5, 5.41) is -3.51. The number of benzene rings is 8. The Bertz CT molecular complexity index is 2840. The maximum atomic E-state index is 14.6. The highest BCUT2D eigenvalue weighted by Crippen LogP contribution is 2.58. The van der Waals surface area contributed by atoms with Crippen LogP contribution in [0.15, 0.2) is 170 Å². The average Bonchev–Trinajstić information content (AvgIpc) is 3.29. The molecule has 0 heterocycles. The number of hydrogen-bond acceptors (Lipinski definition) is 2. The topological polar surface area (TPSA) is 34.1 Å². The number of rotatable bonds is 9. The third kappa shape index (κ3) is 8.04. The molecule has 2 atom stereocenters. The Morgan fingerprint density at radius 1 is 0.288 bits per heavy atom. The van der Waals surface area contributed by atoms with Crippen LogP contribution < -0.4 is 0 Å². The van der Waals surface area contributed by atoms with Gasteiger partial charge in [-0.2, -0.15) is 52.7 Å². The molecule has 0 aliphatic carbocycles. The first-order chi connectivity index (χ1) is 31.1. The molecule has 0 bridgehead atoms. The van der Waals surface area contributed by atoms with Gasteiger partial charge in [0.15, 0.2) is 0 Å². The van der Waals surface area contributed by atoms with Crippen LogP contribution in [-0.4, -0.2) is 0 Å². The summed E-state index contributed by atoms with van der Waals surface area (Å²) in [6, 6.07) is 32.9. The van der Waals surface area contributed by atoms with Gasteiger partial charge in [0, 0.05) is 33.4 Å². The predicted molar refractivity (Wildman–Crippen MR) is 230 cm³/mol. The largest absolute Gasteiger partial charge is 0.416 e. The number of hydrogen-bond donors (Lipinski definition) is 0. The van der Waals surface area contributed by atoms with E-state index in [0.717, 1.165) is 48.5 Å². The molecule has 2 nitrogen and oxygen atoms in total. The quantitative estimate of drug-likeness (QED) is 0.0821. The first-order valence-corrected chi connectivity index (χ1v) is 21.5. The summed E-state index contributed by atoms with van der Waals surface area (Å²) in [5.74, 6) is 0. The third-order valence-electron chi connectivity index (χ3n) is 11.7. The maximum Gasteiger partial charge on any atom is 0.416 e. The SMILES string of the molecule is O=[PH+]C(c1cccc(C(F)(F)F)c1)(c1cccc(C(F)(F)F)c1)c1ccc2ccccc2c1-c1c(C([PH+]=O)(c2cccc(C(F)(F)F)c2)c2cccc(C(F)(F)F)c2)ccc2ccccc12. The van der Waals surface area contributed by atoms with Gasteiger partial charge < -0.3 is 0 Å². The molecule has 2 unspecified atom stereocenters. The maximum absolute atomic E-state index is 14.6. The summed E-state index contributed by atoms with van der Waals surface area (Å²) in [4.78, 5) is 0. The first-order valence-electron chi connectivity index (χ1n) is 19.7. The van der Waals surface area contributed by atoms with E-state index in [9.17, 15) is 61.8 Å². The second-order valence-electron chi connectivity index (χ2n) is 15.4. The third-order valence-corrected chi connectivity index (χ3v) is 14.0. The monoisotopic (exact) mass is 952 g/mol. The summed E-state index contributed by atoms with van der Waals surface area (Å²) >= 11 is 0. The van der Waals surface area contributed by atoms with Crippen molar-refractivity contribution in [1.82, 2.24) is 0 Å². The van der Waals surface area contributed by atoms with Gasteiger partial charge in [-0.3, -0.25) is 0 Å². The van der Waals surface area contributed by atoms with Crippen LogP contribution in [0.25, 0.3) is 32.7 Å². The van der Waals surface area contributed by atoms with E-state index in [1.807, 2.05) is 0 Å². The van der Waals surface area contributed by atoms with Crippen molar-refractivity contribution in [3.05, 3.63) is 225 Å². The lowest BCUT2D eigenvalue weighted by Gasteiger charge is -2.31. The average molecular weight is 953 g/mol. The summed E-state index contributed by atoms with van der Waals surface area (Å²) in [6.45, 7) is 0. The molecule has 0 spiro atoms. The van der Waals surface area contributed by atoms with E-state index < -0.39 is 74.2 Å². The van der Waals surface area contributed by atoms with Crippen molar-refractivity contribution in [2.24, 2.45) is 0 Å². The van der Waals surface area contributed by atoms with Crippen LogP contribution in [-0.2, 0) is 44.1 Å². The van der Waals surface area contributed by atoms with Crippen LogP contribution in [0.4, 0.5) is 52.7 Å². The van der Waals surface area contributed by atoms with Gasteiger partial charge >= 0.3 is 41.6 Å². The first kappa shape index (κ1) is 46.2. The molecule has 0 saturated heterocycles. The molecule has 0 fully saturated rings. The highest BCUT2D eigenvalue weighted by molar-refractivity contribution is 7.26. The fraction of sp³-hybridized carbons (Fsp3) is 0.120. The smallest absolute Gasteiger partial charge is 0.166 e. The minimum atomic E-state index is -5.00. The molecular formula is C50H30F12O2P2+2. The van der Waals surface area contributed by atoms with Gasteiger partial charge in [0.2, 0.25) is 10.3 Å². The molecule has 334 valence electrons. The van der Waals surface area contributed by atoms with Crippen LogP contribution in [0.1, 0.15) is 55.6 Å². The summed E-state index contributed by atoms with van der Waals surface area (Å²) < 4.78 is 204. The fourth-order valence-corrected chi connectivity index (χ4v) is 10.5. The normalized spacial score (nSPS) is 13.2. The summed E-state index contributed by atoms with van der Waals surface area (Å²) in [5.41, 5.74) is -6.72. The van der Waals surface area contributed by atoms with E-state index in [1.165, 1.54) is 48.5 Å². The van der Waals surface area contributed by atoms with Gasteiger partial charge in [-0.25, -0.2) is 0 Å². The van der Waals surface area contributed by atoms with E-state index >= 15 is 0 Å². The molecule has 0 aromatic heterocycles. The van der Waals surface area contributed by atoms with E-state index in [2.05, 4.69) is 0 Å². The summed E-state index contributed by atoms with van der Waals surface area (Å²) in [7, 11) is -3.56. The zero-order valence-electron chi connectivity index (χ0n) is 33.5.